The Morgan fingerprint density at radius 2 is 2.40 bits per heavy atom. The van der Waals surface area contributed by atoms with Gasteiger partial charge in [-0.15, -0.1) is 0 Å². The van der Waals surface area contributed by atoms with Crippen LogP contribution in [0, 0.1) is 17.8 Å². The summed E-state index contributed by atoms with van der Waals surface area (Å²) >= 11 is 0. The number of anilines is 1. The number of carbonyl (C=O) groups is 1. The van der Waals surface area contributed by atoms with Gasteiger partial charge in [-0.1, -0.05) is 17.9 Å². The lowest BCUT2D eigenvalue weighted by molar-refractivity contribution is -0.119. The highest BCUT2D eigenvalue weighted by atomic mass is 16.5. The maximum atomic E-state index is 12.1. The molecule has 1 aromatic carbocycles. The molecule has 4 heteroatoms. The first-order valence-electron chi connectivity index (χ1n) is 6.81. The minimum atomic E-state index is -0.0749. The number of benzene rings is 1. The summed E-state index contributed by atoms with van der Waals surface area (Å²) in [6.07, 6.45) is 1.37. The molecule has 0 saturated carbocycles. The molecule has 2 atom stereocenters. The summed E-state index contributed by atoms with van der Waals surface area (Å²) in [6.45, 7) is 2.52. The molecular weight excluding hydrogens is 254 g/mol. The van der Waals surface area contributed by atoms with Gasteiger partial charge < -0.3 is 15.2 Å². The molecule has 0 spiro atoms. The van der Waals surface area contributed by atoms with Crippen molar-refractivity contribution in [2.24, 2.45) is 5.92 Å². The van der Waals surface area contributed by atoms with Crippen LogP contribution in [0.4, 0.5) is 5.69 Å². The van der Waals surface area contributed by atoms with Crippen LogP contribution in [-0.4, -0.2) is 30.3 Å². The van der Waals surface area contributed by atoms with Gasteiger partial charge in [0.25, 0.3) is 0 Å². The molecule has 0 bridgehead atoms. The molecule has 1 amide bonds. The van der Waals surface area contributed by atoms with Gasteiger partial charge in [-0.25, -0.2) is 0 Å². The van der Waals surface area contributed by atoms with Gasteiger partial charge in [-0.05, 0) is 31.5 Å². The number of ether oxygens (including phenoxy) is 1. The van der Waals surface area contributed by atoms with Crippen molar-refractivity contribution in [3.63, 3.8) is 0 Å². The highest BCUT2D eigenvalue weighted by Gasteiger charge is 2.28. The molecule has 2 rings (SSSR count). The van der Waals surface area contributed by atoms with Crippen LogP contribution in [0.5, 0.6) is 0 Å². The molecule has 1 aliphatic heterocycles. The zero-order valence-corrected chi connectivity index (χ0v) is 11.6. The van der Waals surface area contributed by atoms with Crippen LogP contribution in [0.3, 0.4) is 0 Å². The number of rotatable bonds is 3. The largest absolute Gasteiger partial charge is 0.395 e. The second kappa shape index (κ2) is 7.09. The average Bonchev–Trinajstić information content (AvgIpc) is 2.86. The highest BCUT2D eigenvalue weighted by molar-refractivity contribution is 5.93. The zero-order valence-electron chi connectivity index (χ0n) is 11.6. The van der Waals surface area contributed by atoms with Gasteiger partial charge in [0.05, 0.1) is 25.2 Å². The number of aliphatic hydroxyl groups is 1. The van der Waals surface area contributed by atoms with Crippen LogP contribution in [0.25, 0.3) is 0 Å². The molecule has 1 aliphatic rings. The second-order valence-electron chi connectivity index (χ2n) is 4.92. The smallest absolute Gasteiger partial charge is 0.229 e. The maximum absolute atomic E-state index is 12.1. The third kappa shape index (κ3) is 4.09. The van der Waals surface area contributed by atoms with Gasteiger partial charge in [-0.2, -0.15) is 0 Å². The van der Waals surface area contributed by atoms with Crippen molar-refractivity contribution < 1.29 is 14.6 Å². The van der Waals surface area contributed by atoms with Gasteiger partial charge in [0.15, 0.2) is 0 Å². The van der Waals surface area contributed by atoms with Crippen molar-refractivity contribution in [3.8, 4) is 11.8 Å². The summed E-state index contributed by atoms with van der Waals surface area (Å²) in [6, 6.07) is 7.41. The van der Waals surface area contributed by atoms with Crippen molar-refractivity contribution >= 4 is 11.6 Å². The summed E-state index contributed by atoms with van der Waals surface area (Å²) in [7, 11) is 0. The lowest BCUT2D eigenvalue weighted by Crippen LogP contribution is -2.23. The first-order chi connectivity index (χ1) is 9.69. The van der Waals surface area contributed by atoms with E-state index in [1.54, 1.807) is 0 Å². The fraction of sp³-hybridized carbons (Fsp3) is 0.438. The number of hydrogen-bond donors (Lipinski definition) is 2. The fourth-order valence-corrected chi connectivity index (χ4v) is 2.14. The Labute approximate surface area is 119 Å². The normalized spacial score (nSPS) is 21.1. The number of nitrogens with one attached hydrogen (secondary N) is 1. The lowest BCUT2D eigenvalue weighted by atomic mass is 10.1. The molecule has 1 fully saturated rings. The van der Waals surface area contributed by atoms with Gasteiger partial charge in [0.2, 0.25) is 5.91 Å². The standard InChI is InChI=1S/C16H19NO3/c1-12-9-14(11-20-12)16(19)17-15-7-4-6-13(10-15)5-2-3-8-18/h4,6-7,10,12,14,18H,3,8-9,11H2,1H3,(H,17,19). The predicted octanol–water partition coefficient (Wildman–Crippen LogP) is 1.78. The van der Waals surface area contributed by atoms with Gasteiger partial charge >= 0.3 is 0 Å². The molecule has 20 heavy (non-hydrogen) atoms. The summed E-state index contributed by atoms with van der Waals surface area (Å²) in [5.41, 5.74) is 1.57. The Kier molecular flexibility index (Phi) is 5.16. The van der Waals surface area contributed by atoms with Crippen molar-refractivity contribution in [1.29, 1.82) is 0 Å². The predicted molar refractivity (Wildman–Crippen MR) is 77.2 cm³/mol. The van der Waals surface area contributed by atoms with E-state index in [9.17, 15) is 4.79 Å². The lowest BCUT2D eigenvalue weighted by Gasteiger charge is -2.09. The van der Waals surface area contributed by atoms with E-state index in [0.29, 0.717) is 13.0 Å². The minimum Gasteiger partial charge on any atom is -0.395 e. The van der Waals surface area contributed by atoms with E-state index in [1.807, 2.05) is 31.2 Å². The quantitative estimate of drug-likeness (QED) is 0.825. The third-order valence-corrected chi connectivity index (χ3v) is 3.17. The molecule has 106 valence electrons. The van der Waals surface area contributed by atoms with E-state index in [1.165, 1.54) is 0 Å². The van der Waals surface area contributed by atoms with Crippen molar-refractivity contribution in [3.05, 3.63) is 29.8 Å². The molecule has 0 radical (unpaired) electrons. The van der Waals surface area contributed by atoms with Crippen LogP contribution in [0.2, 0.25) is 0 Å². The highest BCUT2D eigenvalue weighted by Crippen LogP contribution is 2.21. The van der Waals surface area contributed by atoms with Gasteiger partial charge in [0.1, 0.15) is 0 Å². The molecule has 2 unspecified atom stereocenters. The van der Waals surface area contributed by atoms with Crippen LogP contribution >= 0.6 is 0 Å². The van der Waals surface area contributed by atoms with Crippen molar-refractivity contribution in [2.45, 2.75) is 25.9 Å². The molecular formula is C16H19NO3. The minimum absolute atomic E-state index is 0.00480. The summed E-state index contributed by atoms with van der Waals surface area (Å²) in [5.74, 6) is 5.73. The Morgan fingerprint density at radius 1 is 1.55 bits per heavy atom. The van der Waals surface area contributed by atoms with E-state index in [4.69, 9.17) is 9.84 Å². The van der Waals surface area contributed by atoms with Crippen LogP contribution < -0.4 is 5.32 Å². The Bertz CT molecular complexity index is 530. The van der Waals surface area contributed by atoms with Crippen molar-refractivity contribution in [1.82, 2.24) is 0 Å². The average molecular weight is 273 g/mol. The molecule has 1 saturated heterocycles. The van der Waals surface area contributed by atoms with E-state index < -0.39 is 0 Å². The van der Waals surface area contributed by atoms with E-state index in [-0.39, 0.29) is 24.5 Å². The third-order valence-electron chi connectivity index (χ3n) is 3.17. The molecule has 0 aromatic heterocycles. The van der Waals surface area contributed by atoms with Crippen LogP contribution in [0.15, 0.2) is 24.3 Å². The maximum Gasteiger partial charge on any atom is 0.229 e. The van der Waals surface area contributed by atoms with Gasteiger partial charge in [0, 0.05) is 17.7 Å². The molecule has 1 heterocycles. The first-order valence-corrected chi connectivity index (χ1v) is 6.81. The van der Waals surface area contributed by atoms with E-state index in [0.717, 1.165) is 17.7 Å². The summed E-state index contributed by atoms with van der Waals surface area (Å²) in [4.78, 5) is 12.1. The monoisotopic (exact) mass is 273 g/mol. The second-order valence-corrected chi connectivity index (χ2v) is 4.92. The van der Waals surface area contributed by atoms with Crippen LogP contribution in [-0.2, 0) is 9.53 Å². The Balaban J connectivity index is 1.97. The Hall–Kier alpha value is -1.83. The number of hydrogen-bond acceptors (Lipinski definition) is 3. The first kappa shape index (κ1) is 14.6. The molecule has 4 nitrogen and oxygen atoms in total. The number of carbonyl (C=O) groups excluding carboxylic acids is 1. The Morgan fingerprint density at radius 3 is 3.10 bits per heavy atom. The zero-order chi connectivity index (χ0) is 14.4. The molecule has 1 aromatic rings. The fourth-order valence-electron chi connectivity index (χ4n) is 2.14. The summed E-state index contributed by atoms with van der Waals surface area (Å²) < 4.78 is 5.41. The van der Waals surface area contributed by atoms with Gasteiger partial charge in [-0.3, -0.25) is 4.79 Å². The number of amides is 1. The topological polar surface area (TPSA) is 58.6 Å². The summed E-state index contributed by atoms with van der Waals surface area (Å²) in [5, 5.41) is 11.6. The SMILES string of the molecule is CC1CC(C(=O)Nc2cccc(C#CCCO)c2)CO1. The molecule has 2 N–H and O–H groups in total. The van der Waals surface area contributed by atoms with Crippen molar-refractivity contribution in [2.75, 3.05) is 18.5 Å². The number of aliphatic hydroxyl groups excluding tert-OH is 1. The van der Waals surface area contributed by atoms with E-state index in [2.05, 4.69) is 17.2 Å². The molecule has 0 aliphatic carbocycles. The van der Waals surface area contributed by atoms with Crippen LogP contribution in [0.1, 0.15) is 25.3 Å². The van der Waals surface area contributed by atoms with E-state index >= 15 is 0 Å².